The van der Waals surface area contributed by atoms with Crippen molar-refractivity contribution < 1.29 is 4.79 Å². The lowest BCUT2D eigenvalue weighted by Gasteiger charge is -2.29. The molecule has 2 aromatic carbocycles. The normalized spacial score (nSPS) is 13.3. The third kappa shape index (κ3) is 4.23. The van der Waals surface area contributed by atoms with Crippen molar-refractivity contribution in [2.45, 2.75) is 79.8 Å². The van der Waals surface area contributed by atoms with Crippen LogP contribution in [-0.2, 0) is 45.2 Å². The standard InChI is InChI=1S/C29H37N3O/c1-6-20-17-21(7-2)26(22(8-3)18-20)27-25(9-4)28(32(10-5)30-27)29(33)31-16-15-23-13-11-12-14-24(23)19-31/h11-14,17-18H,6-10,15-16,19H2,1-5H3. The monoisotopic (exact) mass is 443 g/mol. The highest BCUT2D eigenvalue weighted by Crippen LogP contribution is 2.35. The Bertz CT molecular complexity index is 1130. The Morgan fingerprint density at radius 1 is 0.909 bits per heavy atom. The van der Waals surface area contributed by atoms with Crippen LogP contribution in [0.4, 0.5) is 0 Å². The van der Waals surface area contributed by atoms with Gasteiger partial charge in [-0.25, -0.2) is 0 Å². The van der Waals surface area contributed by atoms with Gasteiger partial charge in [-0.15, -0.1) is 0 Å². The van der Waals surface area contributed by atoms with E-state index in [1.807, 2.05) is 9.58 Å². The predicted molar refractivity (Wildman–Crippen MR) is 136 cm³/mol. The lowest BCUT2D eigenvalue weighted by molar-refractivity contribution is 0.0721. The van der Waals surface area contributed by atoms with Crippen molar-refractivity contribution in [3.05, 3.63) is 75.5 Å². The number of carbonyl (C=O) groups excluding carboxylic acids is 1. The average Bonchev–Trinajstić information content (AvgIpc) is 3.25. The van der Waals surface area contributed by atoms with Crippen LogP contribution in [0.25, 0.3) is 11.3 Å². The minimum absolute atomic E-state index is 0.114. The third-order valence-electron chi connectivity index (χ3n) is 7.09. The van der Waals surface area contributed by atoms with Crippen LogP contribution in [-0.4, -0.2) is 27.1 Å². The van der Waals surface area contributed by atoms with E-state index in [9.17, 15) is 4.79 Å². The number of amides is 1. The van der Waals surface area contributed by atoms with Gasteiger partial charge in [0.1, 0.15) is 5.69 Å². The number of benzene rings is 2. The summed E-state index contributed by atoms with van der Waals surface area (Å²) in [5, 5.41) is 5.07. The van der Waals surface area contributed by atoms with E-state index in [0.29, 0.717) is 13.1 Å². The van der Waals surface area contributed by atoms with Gasteiger partial charge in [0.05, 0.1) is 5.69 Å². The molecule has 1 amide bonds. The van der Waals surface area contributed by atoms with Gasteiger partial charge in [0.25, 0.3) is 5.91 Å². The summed E-state index contributed by atoms with van der Waals surface area (Å²) in [5.41, 5.74) is 10.8. The van der Waals surface area contributed by atoms with Crippen LogP contribution in [0.2, 0.25) is 0 Å². The number of fused-ring (bicyclic) bond motifs is 1. The van der Waals surface area contributed by atoms with E-state index in [1.165, 1.54) is 33.4 Å². The lowest BCUT2D eigenvalue weighted by atomic mass is 9.89. The molecule has 33 heavy (non-hydrogen) atoms. The van der Waals surface area contributed by atoms with Crippen molar-refractivity contribution in [3.8, 4) is 11.3 Å². The average molecular weight is 444 g/mol. The molecule has 0 radical (unpaired) electrons. The molecule has 1 aliphatic heterocycles. The second-order valence-corrected chi connectivity index (χ2v) is 8.94. The summed E-state index contributed by atoms with van der Waals surface area (Å²) in [7, 11) is 0. The predicted octanol–water partition coefficient (Wildman–Crippen LogP) is 6.02. The van der Waals surface area contributed by atoms with Crippen LogP contribution in [0.1, 0.15) is 78.5 Å². The van der Waals surface area contributed by atoms with E-state index in [-0.39, 0.29) is 5.91 Å². The molecule has 0 atom stereocenters. The quantitative estimate of drug-likeness (QED) is 0.448. The molecule has 4 nitrogen and oxygen atoms in total. The summed E-state index contributed by atoms with van der Waals surface area (Å²) in [6.07, 6.45) is 4.66. The van der Waals surface area contributed by atoms with Crippen molar-refractivity contribution >= 4 is 5.91 Å². The van der Waals surface area contributed by atoms with Crippen molar-refractivity contribution in [2.75, 3.05) is 6.54 Å². The first kappa shape index (κ1) is 23.3. The fourth-order valence-electron chi connectivity index (χ4n) is 5.23. The number of carbonyl (C=O) groups is 1. The molecule has 4 rings (SSSR count). The Morgan fingerprint density at radius 3 is 2.15 bits per heavy atom. The molecule has 0 unspecified atom stereocenters. The van der Waals surface area contributed by atoms with Crippen LogP contribution >= 0.6 is 0 Å². The Morgan fingerprint density at radius 2 is 1.58 bits per heavy atom. The minimum Gasteiger partial charge on any atom is -0.333 e. The lowest BCUT2D eigenvalue weighted by Crippen LogP contribution is -2.37. The van der Waals surface area contributed by atoms with Gasteiger partial charge >= 0.3 is 0 Å². The maximum Gasteiger partial charge on any atom is 0.272 e. The summed E-state index contributed by atoms with van der Waals surface area (Å²) < 4.78 is 1.95. The number of hydrogen-bond acceptors (Lipinski definition) is 2. The molecule has 0 bridgehead atoms. The van der Waals surface area contributed by atoms with E-state index >= 15 is 0 Å². The van der Waals surface area contributed by atoms with Crippen LogP contribution < -0.4 is 0 Å². The molecule has 4 heteroatoms. The smallest absolute Gasteiger partial charge is 0.272 e. The summed E-state index contributed by atoms with van der Waals surface area (Å²) in [4.78, 5) is 15.9. The van der Waals surface area contributed by atoms with Crippen molar-refractivity contribution in [2.24, 2.45) is 0 Å². The zero-order valence-electron chi connectivity index (χ0n) is 20.9. The van der Waals surface area contributed by atoms with Gasteiger partial charge in [-0.3, -0.25) is 9.48 Å². The van der Waals surface area contributed by atoms with E-state index in [2.05, 4.69) is 71.0 Å². The van der Waals surface area contributed by atoms with Gasteiger partial charge in [-0.05, 0) is 66.8 Å². The summed E-state index contributed by atoms with van der Waals surface area (Å²) >= 11 is 0. The Hall–Kier alpha value is -2.88. The molecule has 3 aromatic rings. The Kier molecular flexibility index (Phi) is 7.02. The maximum atomic E-state index is 13.9. The number of hydrogen-bond donors (Lipinski definition) is 0. The SMILES string of the molecule is CCc1cc(CC)c(-c2nn(CC)c(C(=O)N3CCc4ccccc4C3)c2CC)c(CC)c1. The fraction of sp³-hybridized carbons (Fsp3) is 0.448. The van der Waals surface area contributed by atoms with E-state index in [4.69, 9.17) is 5.10 Å². The van der Waals surface area contributed by atoms with Gasteiger partial charge in [-0.1, -0.05) is 64.1 Å². The maximum absolute atomic E-state index is 13.9. The topological polar surface area (TPSA) is 38.1 Å². The molecule has 174 valence electrons. The zero-order valence-corrected chi connectivity index (χ0v) is 20.9. The number of aryl methyl sites for hydroxylation is 4. The molecule has 0 aliphatic carbocycles. The van der Waals surface area contributed by atoms with Gasteiger partial charge in [0.15, 0.2) is 0 Å². The first-order valence-corrected chi connectivity index (χ1v) is 12.7. The van der Waals surface area contributed by atoms with E-state index in [0.717, 1.165) is 55.6 Å². The van der Waals surface area contributed by atoms with Gasteiger partial charge in [0.2, 0.25) is 0 Å². The number of nitrogens with zero attached hydrogens (tertiary/aromatic N) is 3. The van der Waals surface area contributed by atoms with E-state index in [1.54, 1.807) is 0 Å². The first-order chi connectivity index (χ1) is 16.1. The number of aromatic nitrogens is 2. The highest BCUT2D eigenvalue weighted by molar-refractivity contribution is 5.96. The number of rotatable bonds is 7. The van der Waals surface area contributed by atoms with Crippen molar-refractivity contribution in [1.29, 1.82) is 0 Å². The summed E-state index contributed by atoms with van der Waals surface area (Å²) in [5.74, 6) is 0.114. The second-order valence-electron chi connectivity index (χ2n) is 8.94. The minimum atomic E-state index is 0.114. The molecule has 1 aliphatic rings. The largest absolute Gasteiger partial charge is 0.333 e. The highest BCUT2D eigenvalue weighted by Gasteiger charge is 2.30. The zero-order chi connectivity index (χ0) is 23.5. The summed E-state index contributed by atoms with van der Waals surface area (Å²) in [6, 6.07) is 13.2. The molecule has 0 saturated heterocycles. The molecule has 1 aromatic heterocycles. The molecule has 0 spiro atoms. The first-order valence-electron chi connectivity index (χ1n) is 12.7. The third-order valence-corrected chi connectivity index (χ3v) is 7.09. The van der Waals surface area contributed by atoms with Gasteiger partial charge in [-0.2, -0.15) is 5.10 Å². The fourth-order valence-corrected chi connectivity index (χ4v) is 5.23. The van der Waals surface area contributed by atoms with E-state index < -0.39 is 0 Å². The van der Waals surface area contributed by atoms with Gasteiger partial charge in [0, 0.05) is 30.8 Å². The van der Waals surface area contributed by atoms with Crippen LogP contribution in [0, 0.1) is 0 Å². The molecule has 0 saturated carbocycles. The highest BCUT2D eigenvalue weighted by atomic mass is 16.2. The van der Waals surface area contributed by atoms with Crippen LogP contribution in [0.3, 0.4) is 0 Å². The van der Waals surface area contributed by atoms with Crippen molar-refractivity contribution in [3.63, 3.8) is 0 Å². The van der Waals surface area contributed by atoms with Crippen LogP contribution in [0.5, 0.6) is 0 Å². The molecule has 2 heterocycles. The molecule has 0 fully saturated rings. The summed E-state index contributed by atoms with van der Waals surface area (Å²) in [6.45, 7) is 13.0. The van der Waals surface area contributed by atoms with Crippen molar-refractivity contribution in [1.82, 2.24) is 14.7 Å². The van der Waals surface area contributed by atoms with Crippen LogP contribution in [0.15, 0.2) is 36.4 Å². The van der Waals surface area contributed by atoms with Gasteiger partial charge < -0.3 is 4.90 Å². The Labute approximate surface area is 198 Å². The second kappa shape index (κ2) is 9.94. The molecular formula is C29H37N3O. The molecule has 0 N–H and O–H groups in total. The Balaban J connectivity index is 1.82. The molecular weight excluding hydrogens is 406 g/mol.